The van der Waals surface area contributed by atoms with E-state index in [1.54, 1.807) is 13.8 Å². The quantitative estimate of drug-likeness (QED) is 0.858. The minimum absolute atomic E-state index is 0.115. The molecule has 1 fully saturated rings. The molecule has 1 aliphatic rings. The van der Waals surface area contributed by atoms with E-state index in [-0.39, 0.29) is 24.4 Å². The van der Waals surface area contributed by atoms with E-state index in [2.05, 4.69) is 5.32 Å². The van der Waals surface area contributed by atoms with Crippen molar-refractivity contribution in [2.75, 3.05) is 13.2 Å². The van der Waals surface area contributed by atoms with Gasteiger partial charge in [0, 0.05) is 19.6 Å². The molecule has 6 heteroatoms. The SMILES string of the molecule is CC(Oc1ccc(F)cc1)C(=O)NCC1(O)CCOC1C. The summed E-state index contributed by atoms with van der Waals surface area (Å²) in [4.78, 5) is 12.0. The van der Waals surface area contributed by atoms with Crippen LogP contribution in [0.15, 0.2) is 24.3 Å². The Kier molecular flexibility index (Phi) is 4.80. The highest BCUT2D eigenvalue weighted by atomic mass is 19.1. The van der Waals surface area contributed by atoms with Gasteiger partial charge in [-0.15, -0.1) is 0 Å². The van der Waals surface area contributed by atoms with Crippen molar-refractivity contribution < 1.29 is 23.8 Å². The molecule has 1 saturated heterocycles. The molecule has 1 heterocycles. The number of aliphatic hydroxyl groups is 1. The molecule has 0 aromatic heterocycles. The van der Waals surface area contributed by atoms with Crippen molar-refractivity contribution in [1.82, 2.24) is 5.32 Å². The van der Waals surface area contributed by atoms with E-state index in [0.717, 1.165) is 0 Å². The second kappa shape index (κ2) is 6.41. The number of hydrogen-bond acceptors (Lipinski definition) is 4. The summed E-state index contributed by atoms with van der Waals surface area (Å²) < 4.78 is 23.5. The average Bonchev–Trinajstić information content (AvgIpc) is 2.79. The third-order valence-corrected chi connectivity index (χ3v) is 3.72. The van der Waals surface area contributed by atoms with E-state index in [4.69, 9.17) is 9.47 Å². The van der Waals surface area contributed by atoms with E-state index in [0.29, 0.717) is 18.8 Å². The Morgan fingerprint density at radius 2 is 2.24 bits per heavy atom. The maximum absolute atomic E-state index is 12.8. The summed E-state index contributed by atoms with van der Waals surface area (Å²) in [6.45, 7) is 3.97. The number of amides is 1. The van der Waals surface area contributed by atoms with Gasteiger partial charge in [0.2, 0.25) is 0 Å². The molecule has 116 valence electrons. The van der Waals surface area contributed by atoms with Crippen LogP contribution in [0.1, 0.15) is 20.3 Å². The fourth-order valence-electron chi connectivity index (χ4n) is 2.16. The molecule has 1 aliphatic heterocycles. The number of halogens is 1. The van der Waals surface area contributed by atoms with Gasteiger partial charge in [0.05, 0.1) is 6.10 Å². The second-order valence-corrected chi connectivity index (χ2v) is 5.30. The standard InChI is InChI=1S/C15H20FNO4/c1-10(21-13-5-3-12(16)4-6-13)14(18)17-9-15(19)7-8-20-11(15)2/h3-6,10-11,19H,7-9H2,1-2H3,(H,17,18). The van der Waals surface area contributed by atoms with Crippen molar-refractivity contribution in [2.24, 2.45) is 0 Å². The first-order valence-corrected chi connectivity index (χ1v) is 6.94. The van der Waals surface area contributed by atoms with Crippen molar-refractivity contribution in [3.63, 3.8) is 0 Å². The largest absolute Gasteiger partial charge is 0.481 e. The Morgan fingerprint density at radius 1 is 1.57 bits per heavy atom. The molecule has 1 aromatic carbocycles. The monoisotopic (exact) mass is 297 g/mol. The molecule has 3 unspecified atom stereocenters. The number of benzene rings is 1. The molecule has 3 atom stereocenters. The van der Waals surface area contributed by atoms with Gasteiger partial charge in [0.15, 0.2) is 6.10 Å². The molecule has 0 bridgehead atoms. The van der Waals surface area contributed by atoms with E-state index in [1.807, 2.05) is 0 Å². The van der Waals surface area contributed by atoms with Crippen LogP contribution < -0.4 is 10.1 Å². The lowest BCUT2D eigenvalue weighted by Crippen LogP contribution is -2.49. The van der Waals surface area contributed by atoms with Crippen molar-refractivity contribution in [2.45, 2.75) is 38.1 Å². The Morgan fingerprint density at radius 3 is 2.81 bits per heavy atom. The van der Waals surface area contributed by atoms with Gasteiger partial charge in [-0.05, 0) is 38.1 Å². The zero-order chi connectivity index (χ0) is 15.5. The summed E-state index contributed by atoms with van der Waals surface area (Å²) in [6.07, 6.45) is -0.565. The van der Waals surface area contributed by atoms with Crippen LogP contribution in [0.3, 0.4) is 0 Å². The van der Waals surface area contributed by atoms with Crippen LogP contribution in [0, 0.1) is 5.82 Å². The third kappa shape index (κ3) is 3.92. The molecule has 0 radical (unpaired) electrons. The summed E-state index contributed by atoms with van der Waals surface area (Å²) in [6, 6.07) is 5.44. The first kappa shape index (κ1) is 15.7. The molecule has 0 aliphatic carbocycles. The molecule has 0 spiro atoms. The average molecular weight is 297 g/mol. The number of nitrogens with one attached hydrogen (secondary N) is 1. The summed E-state index contributed by atoms with van der Waals surface area (Å²) in [7, 11) is 0. The van der Waals surface area contributed by atoms with Gasteiger partial charge in [-0.1, -0.05) is 0 Å². The summed E-state index contributed by atoms with van der Waals surface area (Å²) in [5, 5.41) is 12.9. The zero-order valence-corrected chi connectivity index (χ0v) is 12.1. The number of carbonyl (C=O) groups is 1. The summed E-state index contributed by atoms with van der Waals surface area (Å²) >= 11 is 0. The lowest BCUT2D eigenvalue weighted by molar-refractivity contribution is -0.129. The molecule has 21 heavy (non-hydrogen) atoms. The second-order valence-electron chi connectivity index (χ2n) is 5.30. The first-order valence-electron chi connectivity index (χ1n) is 6.94. The van der Waals surface area contributed by atoms with Crippen LogP contribution in [0.5, 0.6) is 5.75 Å². The van der Waals surface area contributed by atoms with Gasteiger partial charge in [-0.2, -0.15) is 0 Å². The Balaban J connectivity index is 1.84. The van der Waals surface area contributed by atoms with Crippen molar-refractivity contribution in [3.8, 4) is 5.75 Å². The van der Waals surface area contributed by atoms with Crippen LogP contribution >= 0.6 is 0 Å². The van der Waals surface area contributed by atoms with Gasteiger partial charge in [0.1, 0.15) is 17.2 Å². The minimum atomic E-state index is -1.04. The van der Waals surface area contributed by atoms with Gasteiger partial charge in [-0.25, -0.2) is 4.39 Å². The Labute approximate surface area is 123 Å². The van der Waals surface area contributed by atoms with Crippen LogP contribution in [0.25, 0.3) is 0 Å². The highest BCUT2D eigenvalue weighted by Crippen LogP contribution is 2.24. The molecule has 1 aromatic rings. The van der Waals surface area contributed by atoms with E-state index >= 15 is 0 Å². The van der Waals surface area contributed by atoms with Gasteiger partial charge in [-0.3, -0.25) is 4.79 Å². The zero-order valence-electron chi connectivity index (χ0n) is 12.1. The molecule has 2 N–H and O–H groups in total. The van der Waals surface area contributed by atoms with E-state index in [1.165, 1.54) is 24.3 Å². The van der Waals surface area contributed by atoms with Crippen molar-refractivity contribution >= 4 is 5.91 Å². The Hall–Kier alpha value is -1.66. The molecule has 5 nitrogen and oxygen atoms in total. The van der Waals surface area contributed by atoms with Crippen LogP contribution in [-0.2, 0) is 9.53 Å². The third-order valence-electron chi connectivity index (χ3n) is 3.72. The van der Waals surface area contributed by atoms with Gasteiger partial charge < -0.3 is 19.9 Å². The van der Waals surface area contributed by atoms with Crippen LogP contribution in [0.4, 0.5) is 4.39 Å². The normalized spacial score (nSPS) is 26.4. The lowest BCUT2D eigenvalue weighted by atomic mass is 9.97. The van der Waals surface area contributed by atoms with Crippen molar-refractivity contribution in [3.05, 3.63) is 30.1 Å². The number of ether oxygens (including phenoxy) is 2. The smallest absolute Gasteiger partial charge is 0.260 e. The van der Waals surface area contributed by atoms with E-state index in [9.17, 15) is 14.3 Å². The van der Waals surface area contributed by atoms with E-state index < -0.39 is 11.7 Å². The highest BCUT2D eigenvalue weighted by Gasteiger charge is 2.39. The summed E-state index contributed by atoms with van der Waals surface area (Å²) in [5.74, 6) is -0.293. The predicted octanol–water partition coefficient (Wildman–Crippen LogP) is 1.25. The molecule has 0 saturated carbocycles. The fourth-order valence-corrected chi connectivity index (χ4v) is 2.16. The number of rotatable bonds is 5. The minimum Gasteiger partial charge on any atom is -0.481 e. The molecule has 1 amide bonds. The highest BCUT2D eigenvalue weighted by molar-refractivity contribution is 5.80. The maximum atomic E-state index is 12.8. The molecular weight excluding hydrogens is 277 g/mol. The van der Waals surface area contributed by atoms with Crippen LogP contribution in [-0.4, -0.2) is 42.0 Å². The van der Waals surface area contributed by atoms with Gasteiger partial charge in [0.25, 0.3) is 5.91 Å². The predicted molar refractivity (Wildman–Crippen MR) is 74.5 cm³/mol. The first-order chi connectivity index (χ1) is 9.90. The van der Waals surface area contributed by atoms with Gasteiger partial charge >= 0.3 is 0 Å². The summed E-state index contributed by atoms with van der Waals surface area (Å²) in [5.41, 5.74) is -1.04. The topological polar surface area (TPSA) is 67.8 Å². The molecular formula is C15H20FNO4. The lowest BCUT2D eigenvalue weighted by Gasteiger charge is -2.26. The number of hydrogen-bond donors (Lipinski definition) is 2. The van der Waals surface area contributed by atoms with Crippen LogP contribution in [0.2, 0.25) is 0 Å². The van der Waals surface area contributed by atoms with Crippen molar-refractivity contribution in [1.29, 1.82) is 0 Å². The molecule has 2 rings (SSSR count). The number of carbonyl (C=O) groups excluding carboxylic acids is 1. The fraction of sp³-hybridized carbons (Fsp3) is 0.533. The maximum Gasteiger partial charge on any atom is 0.260 e. The Bertz CT molecular complexity index is 493.